The molecule has 88 valence electrons. The molecule has 0 saturated heterocycles. The van der Waals surface area contributed by atoms with Crippen LogP contribution in [0.15, 0.2) is 22.7 Å². The molecule has 0 saturated carbocycles. The first-order chi connectivity index (χ1) is 7.58. The van der Waals surface area contributed by atoms with Crippen LogP contribution in [0.4, 0.5) is 11.4 Å². The standard InChI is InChI=1S/C10H13BrN2O3/c1-2-7(6-14)12-10-4-3-8(13(15)16)5-9(10)11/h3-5,7,12,14H,2,6H2,1H3. The fraction of sp³-hybridized carbons (Fsp3) is 0.400. The van der Waals surface area contributed by atoms with Crippen molar-refractivity contribution in [3.8, 4) is 0 Å². The number of hydrogen-bond acceptors (Lipinski definition) is 4. The zero-order valence-electron chi connectivity index (χ0n) is 8.81. The summed E-state index contributed by atoms with van der Waals surface area (Å²) in [6, 6.07) is 4.45. The van der Waals surface area contributed by atoms with E-state index in [1.165, 1.54) is 12.1 Å². The first-order valence-corrected chi connectivity index (χ1v) is 5.69. The lowest BCUT2D eigenvalue weighted by atomic mass is 10.2. The molecule has 1 atom stereocenters. The third kappa shape index (κ3) is 3.18. The molecule has 0 radical (unpaired) electrons. The second-order valence-electron chi connectivity index (χ2n) is 3.35. The SMILES string of the molecule is CCC(CO)Nc1ccc([N+](=O)[O-])cc1Br. The molecule has 0 aliphatic heterocycles. The van der Waals surface area contributed by atoms with Crippen LogP contribution >= 0.6 is 15.9 Å². The van der Waals surface area contributed by atoms with Crippen LogP contribution in [0, 0.1) is 10.1 Å². The van der Waals surface area contributed by atoms with Crippen LogP contribution in [0.25, 0.3) is 0 Å². The highest BCUT2D eigenvalue weighted by Crippen LogP contribution is 2.27. The lowest BCUT2D eigenvalue weighted by Gasteiger charge is -2.16. The summed E-state index contributed by atoms with van der Waals surface area (Å²) in [6.07, 6.45) is 0.778. The lowest BCUT2D eigenvalue weighted by molar-refractivity contribution is -0.384. The van der Waals surface area contributed by atoms with Gasteiger partial charge in [0.05, 0.1) is 11.5 Å². The smallest absolute Gasteiger partial charge is 0.270 e. The number of nitro groups is 1. The Hall–Kier alpha value is -1.14. The number of hydrogen-bond donors (Lipinski definition) is 2. The van der Waals surface area contributed by atoms with Crippen LogP contribution in [0.5, 0.6) is 0 Å². The number of halogens is 1. The second kappa shape index (κ2) is 5.81. The fourth-order valence-electron chi connectivity index (χ4n) is 1.23. The van der Waals surface area contributed by atoms with E-state index in [-0.39, 0.29) is 18.3 Å². The molecule has 0 amide bonds. The third-order valence-corrected chi connectivity index (χ3v) is 2.89. The van der Waals surface area contributed by atoms with Crippen molar-refractivity contribution in [2.75, 3.05) is 11.9 Å². The Bertz CT molecular complexity index is 380. The van der Waals surface area contributed by atoms with Gasteiger partial charge in [-0.2, -0.15) is 0 Å². The van der Waals surface area contributed by atoms with Crippen LogP contribution in [0.2, 0.25) is 0 Å². The Morgan fingerprint density at radius 1 is 1.62 bits per heavy atom. The fourth-order valence-corrected chi connectivity index (χ4v) is 1.71. The summed E-state index contributed by atoms with van der Waals surface area (Å²) in [6.45, 7) is 1.98. The molecule has 0 aliphatic rings. The van der Waals surface area contributed by atoms with E-state index < -0.39 is 4.92 Å². The molecular formula is C10H13BrN2O3. The van der Waals surface area contributed by atoms with Gasteiger partial charge in [0.2, 0.25) is 0 Å². The quantitative estimate of drug-likeness (QED) is 0.645. The van der Waals surface area contributed by atoms with Crippen molar-refractivity contribution in [2.45, 2.75) is 19.4 Å². The van der Waals surface area contributed by atoms with Gasteiger partial charge in [-0.15, -0.1) is 0 Å². The summed E-state index contributed by atoms with van der Waals surface area (Å²) >= 11 is 3.25. The van der Waals surface area contributed by atoms with E-state index in [4.69, 9.17) is 5.11 Å². The first kappa shape index (κ1) is 12.9. The Morgan fingerprint density at radius 2 is 2.31 bits per heavy atom. The molecule has 1 aromatic rings. The van der Waals surface area contributed by atoms with E-state index in [9.17, 15) is 10.1 Å². The number of aliphatic hydroxyl groups excluding tert-OH is 1. The molecule has 6 heteroatoms. The second-order valence-corrected chi connectivity index (χ2v) is 4.21. The van der Waals surface area contributed by atoms with Crippen molar-refractivity contribution >= 4 is 27.3 Å². The van der Waals surface area contributed by atoms with Crippen molar-refractivity contribution in [1.82, 2.24) is 0 Å². The molecule has 0 heterocycles. The van der Waals surface area contributed by atoms with Gasteiger partial charge in [0.1, 0.15) is 0 Å². The summed E-state index contributed by atoms with van der Waals surface area (Å²) in [7, 11) is 0. The van der Waals surface area contributed by atoms with Gasteiger partial charge < -0.3 is 10.4 Å². The van der Waals surface area contributed by atoms with Gasteiger partial charge in [-0.3, -0.25) is 10.1 Å². The largest absolute Gasteiger partial charge is 0.394 e. The number of benzene rings is 1. The highest BCUT2D eigenvalue weighted by atomic mass is 79.9. The zero-order chi connectivity index (χ0) is 12.1. The van der Waals surface area contributed by atoms with E-state index in [1.54, 1.807) is 6.07 Å². The van der Waals surface area contributed by atoms with Crippen LogP contribution in [-0.2, 0) is 0 Å². The van der Waals surface area contributed by atoms with Gasteiger partial charge in [0.25, 0.3) is 5.69 Å². The Kier molecular flexibility index (Phi) is 4.70. The Labute approximate surface area is 102 Å². The van der Waals surface area contributed by atoms with Gasteiger partial charge in [0, 0.05) is 28.3 Å². The average molecular weight is 289 g/mol. The minimum Gasteiger partial charge on any atom is -0.394 e. The van der Waals surface area contributed by atoms with Gasteiger partial charge in [0.15, 0.2) is 0 Å². The van der Waals surface area contributed by atoms with E-state index in [1.807, 2.05) is 6.92 Å². The van der Waals surface area contributed by atoms with Crippen LogP contribution in [0.1, 0.15) is 13.3 Å². The maximum Gasteiger partial charge on any atom is 0.270 e. The maximum atomic E-state index is 10.5. The number of nitrogens with zero attached hydrogens (tertiary/aromatic N) is 1. The Balaban J connectivity index is 2.86. The van der Waals surface area contributed by atoms with Crippen molar-refractivity contribution in [3.63, 3.8) is 0 Å². The van der Waals surface area contributed by atoms with Gasteiger partial charge >= 0.3 is 0 Å². The molecule has 1 unspecified atom stereocenters. The molecular weight excluding hydrogens is 276 g/mol. The molecule has 2 N–H and O–H groups in total. The van der Waals surface area contributed by atoms with Crippen LogP contribution in [-0.4, -0.2) is 22.7 Å². The number of rotatable bonds is 5. The summed E-state index contributed by atoms with van der Waals surface area (Å²) < 4.78 is 0.619. The molecule has 1 rings (SSSR count). The summed E-state index contributed by atoms with van der Waals surface area (Å²) in [4.78, 5) is 10.1. The number of aliphatic hydroxyl groups is 1. The monoisotopic (exact) mass is 288 g/mol. The predicted molar refractivity (Wildman–Crippen MR) is 65.6 cm³/mol. The van der Waals surface area contributed by atoms with E-state index >= 15 is 0 Å². The van der Waals surface area contributed by atoms with E-state index in [0.29, 0.717) is 4.47 Å². The summed E-state index contributed by atoms with van der Waals surface area (Å²) in [5.74, 6) is 0. The highest BCUT2D eigenvalue weighted by molar-refractivity contribution is 9.10. The third-order valence-electron chi connectivity index (χ3n) is 2.24. The molecule has 0 aliphatic carbocycles. The zero-order valence-corrected chi connectivity index (χ0v) is 10.4. The Morgan fingerprint density at radius 3 is 2.75 bits per heavy atom. The van der Waals surface area contributed by atoms with Crippen molar-refractivity contribution in [1.29, 1.82) is 0 Å². The number of non-ortho nitro benzene ring substituents is 1. The average Bonchev–Trinajstić information content (AvgIpc) is 2.27. The normalized spacial score (nSPS) is 12.2. The predicted octanol–water partition coefficient (Wildman–Crippen LogP) is 2.54. The van der Waals surface area contributed by atoms with Crippen molar-refractivity contribution in [2.24, 2.45) is 0 Å². The molecule has 0 aromatic heterocycles. The molecule has 0 fully saturated rings. The van der Waals surface area contributed by atoms with Gasteiger partial charge in [-0.25, -0.2) is 0 Å². The summed E-state index contributed by atoms with van der Waals surface area (Å²) in [5, 5.41) is 22.7. The highest BCUT2D eigenvalue weighted by Gasteiger charge is 2.11. The topological polar surface area (TPSA) is 75.4 Å². The number of nitro benzene ring substituents is 1. The lowest BCUT2D eigenvalue weighted by Crippen LogP contribution is -2.22. The van der Waals surface area contributed by atoms with Crippen LogP contribution < -0.4 is 5.32 Å². The summed E-state index contributed by atoms with van der Waals surface area (Å²) in [5.41, 5.74) is 0.779. The van der Waals surface area contributed by atoms with Crippen LogP contribution in [0.3, 0.4) is 0 Å². The molecule has 1 aromatic carbocycles. The van der Waals surface area contributed by atoms with E-state index in [0.717, 1.165) is 12.1 Å². The van der Waals surface area contributed by atoms with Gasteiger partial charge in [-0.05, 0) is 28.4 Å². The maximum absolute atomic E-state index is 10.5. The van der Waals surface area contributed by atoms with E-state index in [2.05, 4.69) is 21.2 Å². The van der Waals surface area contributed by atoms with Crippen molar-refractivity contribution < 1.29 is 10.0 Å². The number of nitrogens with one attached hydrogen (secondary N) is 1. The molecule has 0 bridgehead atoms. The number of anilines is 1. The van der Waals surface area contributed by atoms with Crippen molar-refractivity contribution in [3.05, 3.63) is 32.8 Å². The minimum absolute atomic E-state index is 0.0277. The molecule has 0 spiro atoms. The molecule has 5 nitrogen and oxygen atoms in total. The van der Waals surface area contributed by atoms with Gasteiger partial charge in [-0.1, -0.05) is 6.92 Å². The minimum atomic E-state index is -0.447. The molecule has 16 heavy (non-hydrogen) atoms. The first-order valence-electron chi connectivity index (χ1n) is 4.89.